The number of carbonyl (C=O) groups excluding carboxylic acids is 1. The summed E-state index contributed by atoms with van der Waals surface area (Å²) in [7, 11) is 0. The molecule has 1 aromatic heterocycles. The highest BCUT2D eigenvalue weighted by Gasteiger charge is 2.03. The van der Waals surface area contributed by atoms with Gasteiger partial charge in [0.1, 0.15) is 5.75 Å². The summed E-state index contributed by atoms with van der Waals surface area (Å²) in [5, 5.41) is 2.91. The van der Waals surface area contributed by atoms with Crippen LogP contribution in [0, 0.1) is 0 Å². The minimum Gasteiger partial charge on any atom is -0.494 e. The fourth-order valence-corrected chi connectivity index (χ4v) is 1.99. The Morgan fingerprint density at radius 2 is 2.00 bits per heavy atom. The van der Waals surface area contributed by atoms with E-state index in [1.807, 2.05) is 49.4 Å². The number of hydrogen-bond donors (Lipinski definition) is 1. The molecule has 1 heterocycles. The number of amides is 1. The third-order valence-corrected chi connectivity index (χ3v) is 3.03. The average molecular weight is 284 g/mol. The smallest absolute Gasteiger partial charge is 0.224 e. The molecule has 1 N–H and O–H groups in total. The third kappa shape index (κ3) is 5.26. The molecule has 0 atom stereocenters. The predicted octanol–water partition coefficient (Wildman–Crippen LogP) is 2.38. The van der Waals surface area contributed by atoms with Gasteiger partial charge in [0.2, 0.25) is 5.91 Å². The van der Waals surface area contributed by atoms with Gasteiger partial charge < -0.3 is 10.1 Å². The van der Waals surface area contributed by atoms with Crippen LogP contribution in [0.2, 0.25) is 0 Å². The number of carbonyl (C=O) groups is 1. The fourth-order valence-electron chi connectivity index (χ4n) is 1.99. The SMILES string of the molecule is CCOc1ccc(CC(=O)NCCc2ccccn2)cc1. The maximum absolute atomic E-state index is 11.9. The first-order chi connectivity index (χ1) is 10.3. The van der Waals surface area contributed by atoms with E-state index in [1.54, 1.807) is 6.20 Å². The summed E-state index contributed by atoms with van der Waals surface area (Å²) in [6.45, 7) is 3.20. The number of hydrogen-bond acceptors (Lipinski definition) is 3. The predicted molar refractivity (Wildman–Crippen MR) is 82.3 cm³/mol. The largest absolute Gasteiger partial charge is 0.494 e. The highest BCUT2D eigenvalue weighted by molar-refractivity contribution is 5.78. The lowest BCUT2D eigenvalue weighted by Gasteiger charge is -2.06. The van der Waals surface area contributed by atoms with E-state index in [4.69, 9.17) is 4.74 Å². The van der Waals surface area contributed by atoms with E-state index in [9.17, 15) is 4.79 Å². The van der Waals surface area contributed by atoms with Crippen LogP contribution in [0.5, 0.6) is 5.75 Å². The van der Waals surface area contributed by atoms with Gasteiger partial charge in [0, 0.05) is 24.9 Å². The Bertz CT molecular complexity index is 553. The molecule has 0 fully saturated rings. The molecule has 0 unspecified atom stereocenters. The number of nitrogens with zero attached hydrogens (tertiary/aromatic N) is 1. The Balaban J connectivity index is 1.74. The minimum absolute atomic E-state index is 0.0232. The molecule has 0 spiro atoms. The summed E-state index contributed by atoms with van der Waals surface area (Å²) in [5.41, 5.74) is 1.97. The van der Waals surface area contributed by atoms with Crippen molar-refractivity contribution in [1.82, 2.24) is 10.3 Å². The van der Waals surface area contributed by atoms with Gasteiger partial charge in [0.05, 0.1) is 13.0 Å². The van der Waals surface area contributed by atoms with Crippen molar-refractivity contribution >= 4 is 5.91 Å². The molecule has 0 aliphatic rings. The first kappa shape index (κ1) is 15.0. The second-order valence-electron chi connectivity index (χ2n) is 4.67. The Morgan fingerprint density at radius 3 is 2.67 bits per heavy atom. The van der Waals surface area contributed by atoms with Crippen molar-refractivity contribution in [2.24, 2.45) is 0 Å². The molecule has 21 heavy (non-hydrogen) atoms. The lowest BCUT2D eigenvalue weighted by atomic mass is 10.1. The van der Waals surface area contributed by atoms with Crippen molar-refractivity contribution in [2.75, 3.05) is 13.2 Å². The number of pyridine rings is 1. The van der Waals surface area contributed by atoms with Crippen molar-refractivity contribution in [2.45, 2.75) is 19.8 Å². The molecule has 0 saturated carbocycles. The zero-order valence-electron chi connectivity index (χ0n) is 12.2. The van der Waals surface area contributed by atoms with Crippen molar-refractivity contribution in [1.29, 1.82) is 0 Å². The molecule has 0 aliphatic carbocycles. The quantitative estimate of drug-likeness (QED) is 0.849. The molecule has 0 radical (unpaired) electrons. The summed E-state index contributed by atoms with van der Waals surface area (Å²) < 4.78 is 5.37. The summed E-state index contributed by atoms with van der Waals surface area (Å²) in [6, 6.07) is 13.4. The van der Waals surface area contributed by atoms with Gasteiger partial charge in [-0.3, -0.25) is 9.78 Å². The molecule has 4 nitrogen and oxygen atoms in total. The molecule has 1 aromatic carbocycles. The summed E-state index contributed by atoms with van der Waals surface area (Å²) in [4.78, 5) is 16.1. The second-order valence-corrected chi connectivity index (χ2v) is 4.67. The van der Waals surface area contributed by atoms with Crippen LogP contribution < -0.4 is 10.1 Å². The van der Waals surface area contributed by atoms with Crippen molar-refractivity contribution < 1.29 is 9.53 Å². The Morgan fingerprint density at radius 1 is 1.19 bits per heavy atom. The van der Waals surface area contributed by atoms with E-state index < -0.39 is 0 Å². The van der Waals surface area contributed by atoms with Gasteiger partial charge in [-0.25, -0.2) is 0 Å². The lowest BCUT2D eigenvalue weighted by molar-refractivity contribution is -0.120. The molecule has 4 heteroatoms. The first-order valence-corrected chi connectivity index (χ1v) is 7.16. The van der Waals surface area contributed by atoms with E-state index in [2.05, 4.69) is 10.3 Å². The van der Waals surface area contributed by atoms with E-state index in [0.29, 0.717) is 19.6 Å². The van der Waals surface area contributed by atoms with Gasteiger partial charge in [-0.1, -0.05) is 18.2 Å². The summed E-state index contributed by atoms with van der Waals surface area (Å²) in [6.07, 6.45) is 2.89. The molecule has 0 saturated heterocycles. The van der Waals surface area contributed by atoms with E-state index >= 15 is 0 Å². The normalized spacial score (nSPS) is 10.1. The molecule has 0 aliphatic heterocycles. The van der Waals surface area contributed by atoms with Crippen LogP contribution >= 0.6 is 0 Å². The van der Waals surface area contributed by atoms with Crippen LogP contribution in [-0.2, 0) is 17.6 Å². The number of benzene rings is 1. The second kappa shape index (κ2) is 8.04. The molecule has 2 aromatic rings. The number of ether oxygens (including phenoxy) is 1. The Hall–Kier alpha value is -2.36. The minimum atomic E-state index is 0.0232. The van der Waals surface area contributed by atoms with Gasteiger partial charge in [0.25, 0.3) is 0 Å². The van der Waals surface area contributed by atoms with Crippen LogP contribution in [0.3, 0.4) is 0 Å². The highest BCUT2D eigenvalue weighted by atomic mass is 16.5. The van der Waals surface area contributed by atoms with Crippen LogP contribution in [0.1, 0.15) is 18.2 Å². The van der Waals surface area contributed by atoms with Crippen molar-refractivity contribution in [3.05, 3.63) is 59.9 Å². The Kier molecular flexibility index (Phi) is 5.76. The molecule has 110 valence electrons. The lowest BCUT2D eigenvalue weighted by Crippen LogP contribution is -2.27. The van der Waals surface area contributed by atoms with Gasteiger partial charge in [-0.2, -0.15) is 0 Å². The fraction of sp³-hybridized carbons (Fsp3) is 0.294. The number of aromatic nitrogens is 1. The third-order valence-electron chi connectivity index (χ3n) is 3.03. The summed E-state index contributed by atoms with van der Waals surface area (Å²) in [5.74, 6) is 0.854. The average Bonchev–Trinajstić information content (AvgIpc) is 2.51. The Labute approximate surface area is 125 Å². The van der Waals surface area contributed by atoms with E-state index in [-0.39, 0.29) is 5.91 Å². The van der Waals surface area contributed by atoms with Crippen LogP contribution in [-0.4, -0.2) is 24.0 Å². The van der Waals surface area contributed by atoms with Gasteiger partial charge in [-0.05, 0) is 36.8 Å². The highest BCUT2D eigenvalue weighted by Crippen LogP contribution is 2.12. The first-order valence-electron chi connectivity index (χ1n) is 7.16. The molecular formula is C17H20N2O2. The van der Waals surface area contributed by atoms with Crippen molar-refractivity contribution in [3.8, 4) is 5.75 Å². The molecule has 1 amide bonds. The summed E-state index contributed by atoms with van der Waals surface area (Å²) >= 11 is 0. The van der Waals surface area contributed by atoms with Crippen LogP contribution in [0.4, 0.5) is 0 Å². The van der Waals surface area contributed by atoms with Gasteiger partial charge in [0.15, 0.2) is 0 Å². The van der Waals surface area contributed by atoms with Gasteiger partial charge >= 0.3 is 0 Å². The van der Waals surface area contributed by atoms with E-state index in [1.165, 1.54) is 0 Å². The van der Waals surface area contributed by atoms with E-state index in [0.717, 1.165) is 23.4 Å². The van der Waals surface area contributed by atoms with Crippen LogP contribution in [0.15, 0.2) is 48.7 Å². The molecule has 2 rings (SSSR count). The topological polar surface area (TPSA) is 51.2 Å². The van der Waals surface area contributed by atoms with Crippen molar-refractivity contribution in [3.63, 3.8) is 0 Å². The standard InChI is InChI=1S/C17H20N2O2/c1-2-21-16-8-6-14(7-9-16)13-17(20)19-12-10-15-5-3-4-11-18-15/h3-9,11H,2,10,12-13H2,1H3,(H,19,20). The monoisotopic (exact) mass is 284 g/mol. The molecule has 0 bridgehead atoms. The molecular weight excluding hydrogens is 264 g/mol. The zero-order chi connectivity index (χ0) is 14.9. The zero-order valence-corrected chi connectivity index (χ0v) is 12.2. The van der Waals surface area contributed by atoms with Crippen LogP contribution in [0.25, 0.3) is 0 Å². The maximum Gasteiger partial charge on any atom is 0.224 e. The number of nitrogens with one attached hydrogen (secondary N) is 1. The number of rotatable bonds is 7. The van der Waals surface area contributed by atoms with Gasteiger partial charge in [-0.15, -0.1) is 0 Å². The maximum atomic E-state index is 11.9.